The van der Waals surface area contributed by atoms with Gasteiger partial charge in [-0.05, 0) is 31.8 Å². The molecule has 0 radical (unpaired) electrons. The Hall–Kier alpha value is -1.71. The average Bonchev–Trinajstić information content (AvgIpc) is 2.97. The highest BCUT2D eigenvalue weighted by Crippen LogP contribution is 2.09. The largest absolute Gasteiger partial charge is 0.364 e. The third-order valence-corrected chi connectivity index (χ3v) is 3.10. The first-order valence-corrected chi connectivity index (χ1v) is 7.41. The van der Waals surface area contributed by atoms with Crippen LogP contribution in [-0.2, 0) is 0 Å². The normalized spacial score (nSPS) is 11.1. The molecule has 0 saturated carbocycles. The Balaban J connectivity index is 2.00. The molecule has 0 saturated heterocycles. The second-order valence-corrected chi connectivity index (χ2v) is 4.94. The van der Waals surface area contributed by atoms with E-state index in [0.29, 0.717) is 17.8 Å². The van der Waals surface area contributed by atoms with Gasteiger partial charge in [-0.15, -0.1) is 0 Å². The van der Waals surface area contributed by atoms with Crippen LogP contribution in [0.3, 0.4) is 0 Å². The monoisotopic (exact) mass is 276 g/mol. The number of nitrogens with one attached hydrogen (secondary N) is 1. The summed E-state index contributed by atoms with van der Waals surface area (Å²) in [5.74, 6) is 0.0500. The first-order valence-electron chi connectivity index (χ1n) is 7.41. The molecule has 1 rings (SSSR count). The number of aromatic nitrogens is 1. The third-order valence-electron chi connectivity index (χ3n) is 3.10. The molecule has 0 fully saturated rings. The van der Waals surface area contributed by atoms with Crippen molar-refractivity contribution in [3.63, 3.8) is 0 Å². The van der Waals surface area contributed by atoms with E-state index in [2.05, 4.69) is 22.7 Å². The van der Waals surface area contributed by atoms with Crippen LogP contribution in [0.4, 0.5) is 0 Å². The Morgan fingerprint density at radius 3 is 2.70 bits per heavy atom. The minimum absolute atomic E-state index is 0.0500. The van der Waals surface area contributed by atoms with E-state index in [1.54, 1.807) is 6.07 Å². The Labute approximate surface area is 120 Å². The third kappa shape index (κ3) is 7.02. The van der Waals surface area contributed by atoms with Gasteiger partial charge in [-0.1, -0.05) is 37.4 Å². The van der Waals surface area contributed by atoms with Gasteiger partial charge < -0.3 is 9.93 Å². The van der Waals surface area contributed by atoms with Gasteiger partial charge in [0.1, 0.15) is 12.0 Å². The number of carbonyl (C=O) groups excluding carboxylic acids is 1. The standard InChI is InChI=1S/C16H24N2O2/c1-2-3-6-9-14(17)10-7-4-5-8-11-16(19)15-12-13-20-18-15/h6,9,12-13,17H,2-5,7-8,10-11H2,1H3/b9-6-,17-14?. The molecule has 4 heteroatoms. The number of hydrogen-bond acceptors (Lipinski definition) is 4. The summed E-state index contributed by atoms with van der Waals surface area (Å²) < 4.78 is 4.65. The molecular weight excluding hydrogens is 252 g/mol. The highest BCUT2D eigenvalue weighted by Gasteiger charge is 2.07. The van der Waals surface area contributed by atoms with Gasteiger partial charge in [-0.2, -0.15) is 0 Å². The summed E-state index contributed by atoms with van der Waals surface area (Å²) in [6.45, 7) is 2.13. The van der Waals surface area contributed by atoms with Crippen LogP contribution >= 0.6 is 0 Å². The van der Waals surface area contributed by atoms with Crippen LogP contribution in [0.5, 0.6) is 0 Å². The maximum atomic E-state index is 11.6. The lowest BCUT2D eigenvalue weighted by molar-refractivity contribution is 0.0970. The zero-order chi connectivity index (χ0) is 14.6. The fourth-order valence-corrected chi connectivity index (χ4v) is 1.91. The van der Waals surface area contributed by atoms with Crippen molar-refractivity contribution in [2.24, 2.45) is 0 Å². The van der Waals surface area contributed by atoms with Gasteiger partial charge in [-0.3, -0.25) is 4.79 Å². The quantitative estimate of drug-likeness (QED) is 0.365. The van der Waals surface area contributed by atoms with E-state index >= 15 is 0 Å². The molecule has 0 aromatic carbocycles. The van der Waals surface area contributed by atoms with Crippen molar-refractivity contribution in [2.45, 2.75) is 58.3 Å². The Morgan fingerprint density at radius 1 is 1.30 bits per heavy atom. The molecule has 0 amide bonds. The van der Waals surface area contributed by atoms with Crippen molar-refractivity contribution in [1.29, 1.82) is 5.41 Å². The summed E-state index contributed by atoms with van der Waals surface area (Å²) in [6, 6.07) is 1.60. The highest BCUT2D eigenvalue weighted by molar-refractivity contribution is 5.93. The summed E-state index contributed by atoms with van der Waals surface area (Å²) >= 11 is 0. The maximum absolute atomic E-state index is 11.6. The lowest BCUT2D eigenvalue weighted by atomic mass is 10.1. The first-order chi connectivity index (χ1) is 9.74. The summed E-state index contributed by atoms with van der Waals surface area (Å²) in [4.78, 5) is 11.6. The number of allylic oxidation sites excluding steroid dienone is 2. The van der Waals surface area contributed by atoms with Gasteiger partial charge in [0, 0.05) is 18.2 Å². The molecule has 1 N–H and O–H groups in total. The number of rotatable bonds is 11. The van der Waals surface area contributed by atoms with Crippen molar-refractivity contribution < 1.29 is 9.32 Å². The summed E-state index contributed by atoms with van der Waals surface area (Å²) in [5.41, 5.74) is 1.13. The molecule has 0 atom stereocenters. The van der Waals surface area contributed by atoms with E-state index in [9.17, 15) is 4.79 Å². The summed E-state index contributed by atoms with van der Waals surface area (Å²) in [7, 11) is 0. The summed E-state index contributed by atoms with van der Waals surface area (Å²) in [6.07, 6.45) is 12.9. The van der Waals surface area contributed by atoms with Crippen molar-refractivity contribution >= 4 is 11.5 Å². The molecule has 4 nitrogen and oxygen atoms in total. The van der Waals surface area contributed by atoms with Gasteiger partial charge in [0.15, 0.2) is 5.78 Å². The topological polar surface area (TPSA) is 67.0 Å². The maximum Gasteiger partial charge on any atom is 0.184 e. The molecule has 20 heavy (non-hydrogen) atoms. The highest BCUT2D eigenvalue weighted by atomic mass is 16.5. The molecule has 1 aromatic heterocycles. The smallest absolute Gasteiger partial charge is 0.184 e. The Kier molecular flexibility index (Phi) is 8.27. The molecule has 1 aromatic rings. The van der Waals surface area contributed by atoms with Crippen LogP contribution in [0.2, 0.25) is 0 Å². The summed E-state index contributed by atoms with van der Waals surface area (Å²) in [5, 5.41) is 11.4. The van der Waals surface area contributed by atoms with Crippen LogP contribution < -0.4 is 0 Å². The van der Waals surface area contributed by atoms with E-state index in [4.69, 9.17) is 5.41 Å². The lowest BCUT2D eigenvalue weighted by Crippen LogP contribution is -1.99. The van der Waals surface area contributed by atoms with Gasteiger partial charge in [-0.25, -0.2) is 0 Å². The fourth-order valence-electron chi connectivity index (χ4n) is 1.91. The molecule has 0 aliphatic heterocycles. The Bertz CT molecular complexity index is 422. The van der Waals surface area contributed by atoms with Gasteiger partial charge in [0.25, 0.3) is 0 Å². The zero-order valence-electron chi connectivity index (χ0n) is 12.2. The van der Waals surface area contributed by atoms with Gasteiger partial charge >= 0.3 is 0 Å². The number of unbranched alkanes of at least 4 members (excludes halogenated alkanes) is 4. The number of hydrogen-bond donors (Lipinski definition) is 1. The van der Waals surface area contributed by atoms with Crippen molar-refractivity contribution in [3.05, 3.63) is 30.2 Å². The van der Waals surface area contributed by atoms with Gasteiger partial charge in [0.2, 0.25) is 0 Å². The van der Waals surface area contributed by atoms with Crippen LogP contribution in [0.1, 0.15) is 68.8 Å². The molecule has 1 heterocycles. The second kappa shape index (κ2) is 10.1. The van der Waals surface area contributed by atoms with Gasteiger partial charge in [0.05, 0.1) is 0 Å². The van der Waals surface area contributed by atoms with Crippen LogP contribution in [-0.4, -0.2) is 16.7 Å². The van der Waals surface area contributed by atoms with Crippen LogP contribution in [0.25, 0.3) is 0 Å². The van der Waals surface area contributed by atoms with Crippen molar-refractivity contribution in [2.75, 3.05) is 0 Å². The molecule has 0 aliphatic carbocycles. The number of nitrogens with zero attached hydrogens (tertiary/aromatic N) is 1. The minimum atomic E-state index is 0.0500. The lowest BCUT2D eigenvalue weighted by Gasteiger charge is -2.00. The van der Waals surface area contributed by atoms with E-state index in [1.165, 1.54) is 6.26 Å². The molecular formula is C16H24N2O2. The van der Waals surface area contributed by atoms with E-state index in [-0.39, 0.29) is 5.78 Å². The molecule has 0 aliphatic rings. The van der Waals surface area contributed by atoms with E-state index in [0.717, 1.165) is 44.9 Å². The average molecular weight is 276 g/mol. The predicted octanol–water partition coefficient (Wildman–Crippen LogP) is 4.57. The second-order valence-electron chi connectivity index (χ2n) is 4.94. The molecule has 0 unspecified atom stereocenters. The number of ketones is 1. The first kappa shape index (κ1) is 16.3. The van der Waals surface area contributed by atoms with Crippen molar-refractivity contribution in [3.8, 4) is 0 Å². The van der Waals surface area contributed by atoms with Crippen molar-refractivity contribution in [1.82, 2.24) is 5.16 Å². The SMILES string of the molecule is CCC/C=C\C(=N)CCCCCCC(=O)c1ccon1. The molecule has 0 spiro atoms. The van der Waals surface area contributed by atoms with Crippen LogP contribution in [0.15, 0.2) is 29.0 Å². The Morgan fingerprint density at radius 2 is 2.05 bits per heavy atom. The minimum Gasteiger partial charge on any atom is -0.364 e. The molecule has 110 valence electrons. The molecule has 0 bridgehead atoms. The number of carbonyl (C=O) groups is 1. The predicted molar refractivity (Wildman–Crippen MR) is 80.3 cm³/mol. The van der Waals surface area contributed by atoms with Crippen LogP contribution in [0, 0.1) is 5.41 Å². The fraction of sp³-hybridized carbons (Fsp3) is 0.562. The van der Waals surface area contributed by atoms with E-state index in [1.807, 2.05) is 6.08 Å². The van der Waals surface area contributed by atoms with E-state index < -0.39 is 0 Å². The zero-order valence-corrected chi connectivity index (χ0v) is 12.2. The number of Topliss-reactive ketones (excluding diaryl/α,β-unsaturated/α-hetero) is 1.